The normalized spacial score (nSPS) is 19.8. The van der Waals surface area contributed by atoms with Crippen molar-refractivity contribution in [2.75, 3.05) is 18.5 Å². The molecule has 2 nitrogen and oxygen atoms in total. The average Bonchev–Trinajstić information content (AvgIpc) is 2.42. The summed E-state index contributed by atoms with van der Waals surface area (Å²) in [4.78, 5) is 2.32. The Kier molecular flexibility index (Phi) is 3.14. The smallest absolute Gasteiger partial charge is 0.0628 e. The first-order chi connectivity index (χ1) is 7.74. The highest BCUT2D eigenvalue weighted by Crippen LogP contribution is 2.37. The standard InChI is InChI=1S/C14H18N2/c1-11-5-3-7-13-14(11)12(8-9-15)6-4-10-16(13)2/h3,5,7,12H,4,6,8,10H2,1-2H3. The minimum absolute atomic E-state index is 0.422. The Morgan fingerprint density at radius 1 is 1.50 bits per heavy atom. The van der Waals surface area contributed by atoms with Gasteiger partial charge in [-0.3, -0.25) is 0 Å². The van der Waals surface area contributed by atoms with E-state index in [2.05, 4.69) is 43.1 Å². The average molecular weight is 214 g/mol. The van der Waals surface area contributed by atoms with Gasteiger partial charge in [-0.25, -0.2) is 0 Å². The molecule has 1 atom stereocenters. The molecule has 0 radical (unpaired) electrons. The van der Waals surface area contributed by atoms with Gasteiger partial charge in [0.25, 0.3) is 0 Å². The molecule has 1 aliphatic rings. The molecule has 0 aliphatic carbocycles. The van der Waals surface area contributed by atoms with E-state index in [1.165, 1.54) is 23.2 Å². The summed E-state index contributed by atoms with van der Waals surface area (Å²) in [5.41, 5.74) is 4.04. The number of hydrogen-bond acceptors (Lipinski definition) is 2. The number of rotatable bonds is 1. The van der Waals surface area contributed by atoms with Crippen LogP contribution in [0.2, 0.25) is 0 Å². The number of nitrogens with zero attached hydrogens (tertiary/aromatic N) is 2. The predicted octanol–water partition coefficient (Wildman–Crippen LogP) is 3.22. The van der Waals surface area contributed by atoms with Crippen molar-refractivity contribution in [3.63, 3.8) is 0 Å². The molecule has 0 amide bonds. The topological polar surface area (TPSA) is 27.0 Å². The number of nitriles is 1. The van der Waals surface area contributed by atoms with E-state index < -0.39 is 0 Å². The molecule has 1 aromatic carbocycles. The van der Waals surface area contributed by atoms with Crippen molar-refractivity contribution >= 4 is 5.69 Å². The van der Waals surface area contributed by atoms with Crippen molar-refractivity contribution in [1.29, 1.82) is 5.26 Å². The Balaban J connectivity index is 2.49. The quantitative estimate of drug-likeness (QED) is 0.717. The molecule has 0 spiro atoms. The highest BCUT2D eigenvalue weighted by molar-refractivity contribution is 5.58. The molecule has 0 bridgehead atoms. The number of benzene rings is 1. The third-order valence-electron chi connectivity index (χ3n) is 3.50. The zero-order chi connectivity index (χ0) is 11.5. The molecular weight excluding hydrogens is 196 g/mol. The van der Waals surface area contributed by atoms with Gasteiger partial charge >= 0.3 is 0 Å². The SMILES string of the molecule is Cc1cccc2c1C(CC#N)CCCN2C. The zero-order valence-corrected chi connectivity index (χ0v) is 10.0. The summed E-state index contributed by atoms with van der Waals surface area (Å²) in [5, 5.41) is 8.93. The first-order valence-corrected chi connectivity index (χ1v) is 5.91. The molecule has 1 aromatic rings. The van der Waals surface area contributed by atoms with Crippen molar-refractivity contribution < 1.29 is 0 Å². The van der Waals surface area contributed by atoms with Crippen LogP contribution in [0.5, 0.6) is 0 Å². The third-order valence-corrected chi connectivity index (χ3v) is 3.50. The largest absolute Gasteiger partial charge is 0.374 e. The molecular formula is C14H18N2. The molecule has 2 heteroatoms. The first kappa shape index (κ1) is 11.0. The van der Waals surface area contributed by atoms with Crippen molar-refractivity contribution in [3.8, 4) is 6.07 Å². The van der Waals surface area contributed by atoms with Crippen LogP contribution >= 0.6 is 0 Å². The Morgan fingerprint density at radius 2 is 2.31 bits per heavy atom. The molecule has 0 fully saturated rings. The van der Waals surface area contributed by atoms with Crippen LogP contribution in [0.25, 0.3) is 0 Å². The summed E-state index contributed by atoms with van der Waals surface area (Å²) in [6, 6.07) is 8.77. The van der Waals surface area contributed by atoms with E-state index in [1.54, 1.807) is 0 Å². The van der Waals surface area contributed by atoms with E-state index in [0.29, 0.717) is 12.3 Å². The highest BCUT2D eigenvalue weighted by atomic mass is 15.1. The lowest BCUT2D eigenvalue weighted by Gasteiger charge is -2.22. The van der Waals surface area contributed by atoms with Gasteiger partial charge in [-0.2, -0.15) is 5.26 Å². The minimum Gasteiger partial charge on any atom is -0.374 e. The Hall–Kier alpha value is -1.49. The number of fused-ring (bicyclic) bond motifs is 1. The molecule has 1 unspecified atom stereocenters. The molecule has 84 valence electrons. The molecule has 2 rings (SSSR count). The monoisotopic (exact) mass is 214 g/mol. The number of aryl methyl sites for hydroxylation is 1. The van der Waals surface area contributed by atoms with E-state index >= 15 is 0 Å². The van der Waals surface area contributed by atoms with E-state index in [1.807, 2.05) is 0 Å². The summed E-state index contributed by atoms with van der Waals surface area (Å²) in [5.74, 6) is 0.422. The van der Waals surface area contributed by atoms with Crippen LogP contribution in [0.3, 0.4) is 0 Å². The Labute approximate surface area is 97.5 Å². The fraction of sp³-hybridized carbons (Fsp3) is 0.500. The maximum absolute atomic E-state index is 8.93. The fourth-order valence-electron chi connectivity index (χ4n) is 2.68. The second-order valence-corrected chi connectivity index (χ2v) is 4.63. The van der Waals surface area contributed by atoms with E-state index in [-0.39, 0.29) is 0 Å². The molecule has 0 saturated carbocycles. The van der Waals surface area contributed by atoms with Gasteiger partial charge in [0, 0.05) is 25.7 Å². The molecule has 1 aliphatic heterocycles. The summed E-state index contributed by atoms with van der Waals surface area (Å²) in [6.07, 6.45) is 2.96. The van der Waals surface area contributed by atoms with Gasteiger partial charge in [-0.15, -0.1) is 0 Å². The van der Waals surface area contributed by atoms with Gasteiger partial charge in [0.15, 0.2) is 0 Å². The minimum atomic E-state index is 0.422. The van der Waals surface area contributed by atoms with Gasteiger partial charge < -0.3 is 4.90 Å². The highest BCUT2D eigenvalue weighted by Gasteiger charge is 2.22. The lowest BCUT2D eigenvalue weighted by molar-refractivity contribution is 0.620. The zero-order valence-electron chi connectivity index (χ0n) is 10.0. The second kappa shape index (κ2) is 4.57. The predicted molar refractivity (Wildman–Crippen MR) is 66.7 cm³/mol. The molecule has 1 heterocycles. The van der Waals surface area contributed by atoms with Crippen molar-refractivity contribution in [1.82, 2.24) is 0 Å². The van der Waals surface area contributed by atoms with Gasteiger partial charge in [0.1, 0.15) is 0 Å². The van der Waals surface area contributed by atoms with Crippen LogP contribution in [0, 0.1) is 18.3 Å². The van der Waals surface area contributed by atoms with Crippen LogP contribution in [0.1, 0.15) is 36.3 Å². The Morgan fingerprint density at radius 3 is 3.06 bits per heavy atom. The van der Waals surface area contributed by atoms with Crippen LogP contribution in [0.15, 0.2) is 18.2 Å². The molecule has 0 N–H and O–H groups in total. The van der Waals surface area contributed by atoms with Crippen LogP contribution in [-0.2, 0) is 0 Å². The summed E-state index contributed by atoms with van der Waals surface area (Å²) < 4.78 is 0. The van der Waals surface area contributed by atoms with Crippen molar-refractivity contribution in [2.45, 2.75) is 32.1 Å². The number of hydrogen-bond donors (Lipinski definition) is 0. The molecule has 0 saturated heterocycles. The van der Waals surface area contributed by atoms with Gasteiger partial charge in [0.05, 0.1) is 6.07 Å². The maximum Gasteiger partial charge on any atom is 0.0628 e. The Bertz CT molecular complexity index is 417. The fourth-order valence-corrected chi connectivity index (χ4v) is 2.68. The number of anilines is 1. The lowest BCUT2D eigenvalue weighted by Crippen LogP contribution is -2.17. The van der Waals surface area contributed by atoms with Crippen LogP contribution in [-0.4, -0.2) is 13.6 Å². The second-order valence-electron chi connectivity index (χ2n) is 4.63. The summed E-state index contributed by atoms with van der Waals surface area (Å²) in [7, 11) is 2.15. The van der Waals surface area contributed by atoms with Crippen LogP contribution in [0.4, 0.5) is 5.69 Å². The first-order valence-electron chi connectivity index (χ1n) is 5.91. The summed E-state index contributed by atoms with van der Waals surface area (Å²) in [6.45, 7) is 3.25. The summed E-state index contributed by atoms with van der Waals surface area (Å²) >= 11 is 0. The van der Waals surface area contributed by atoms with E-state index in [0.717, 1.165) is 13.0 Å². The molecule has 16 heavy (non-hydrogen) atoms. The van der Waals surface area contributed by atoms with Gasteiger partial charge in [-0.05, 0) is 42.9 Å². The van der Waals surface area contributed by atoms with Crippen molar-refractivity contribution in [3.05, 3.63) is 29.3 Å². The lowest BCUT2D eigenvalue weighted by atomic mass is 9.88. The van der Waals surface area contributed by atoms with Gasteiger partial charge in [0.2, 0.25) is 0 Å². The third kappa shape index (κ3) is 1.90. The molecule has 0 aromatic heterocycles. The van der Waals surface area contributed by atoms with E-state index in [9.17, 15) is 0 Å². The van der Waals surface area contributed by atoms with E-state index in [4.69, 9.17) is 5.26 Å². The van der Waals surface area contributed by atoms with Crippen molar-refractivity contribution in [2.24, 2.45) is 0 Å². The maximum atomic E-state index is 8.93. The van der Waals surface area contributed by atoms with Gasteiger partial charge in [-0.1, -0.05) is 12.1 Å². The van der Waals surface area contributed by atoms with Crippen LogP contribution < -0.4 is 4.90 Å².